The summed E-state index contributed by atoms with van der Waals surface area (Å²) < 4.78 is 183. The van der Waals surface area contributed by atoms with E-state index < -0.39 is 53.9 Å². The summed E-state index contributed by atoms with van der Waals surface area (Å²) in [7, 11) is 0. The molecule has 0 spiro atoms. The maximum atomic E-state index is 14.0. The monoisotopic (exact) mass is 718 g/mol. The Morgan fingerprint density at radius 3 is 1.64 bits per heavy atom. The molecule has 0 aromatic heterocycles. The standard InChI is InChI=1S/C30H31F13O3S/c1-2-3-4-5-6-7-8-18-45-21-11-9-20(10-12-21)24(44)46-22-13-15-23(16-14-22)47-19-17-25(31,32)26(33,34)27(35,36)28(37,38)29(39,40)30(41,42)43/h9-16H,2-8,17-19H2,1H3. The van der Waals surface area contributed by atoms with E-state index in [1.807, 2.05) is 0 Å². The van der Waals surface area contributed by atoms with E-state index in [-0.39, 0.29) is 16.2 Å². The van der Waals surface area contributed by atoms with Crippen molar-refractivity contribution in [3.05, 3.63) is 54.1 Å². The topological polar surface area (TPSA) is 35.5 Å². The van der Waals surface area contributed by atoms with Gasteiger partial charge in [-0.2, -0.15) is 57.1 Å². The van der Waals surface area contributed by atoms with E-state index in [0.29, 0.717) is 24.1 Å². The van der Waals surface area contributed by atoms with Gasteiger partial charge in [-0.15, -0.1) is 11.8 Å². The molecule has 0 saturated carbocycles. The van der Waals surface area contributed by atoms with Crippen LogP contribution in [-0.2, 0) is 0 Å². The Bertz CT molecular complexity index is 1270. The summed E-state index contributed by atoms with van der Waals surface area (Å²) in [6.45, 7) is 2.65. The van der Waals surface area contributed by atoms with Gasteiger partial charge >= 0.3 is 41.8 Å². The summed E-state index contributed by atoms with van der Waals surface area (Å²) in [5, 5.41) is 0. The van der Waals surface area contributed by atoms with E-state index in [2.05, 4.69) is 6.92 Å². The van der Waals surface area contributed by atoms with E-state index in [1.54, 1.807) is 12.1 Å². The summed E-state index contributed by atoms with van der Waals surface area (Å²) in [6.07, 6.45) is -1.97. The lowest BCUT2D eigenvalue weighted by atomic mass is 9.93. The average molecular weight is 719 g/mol. The Morgan fingerprint density at radius 2 is 1.11 bits per heavy atom. The van der Waals surface area contributed by atoms with Gasteiger partial charge in [0, 0.05) is 17.1 Å². The number of alkyl halides is 13. The van der Waals surface area contributed by atoms with E-state index in [1.165, 1.54) is 37.8 Å². The molecular formula is C30H31F13O3S. The molecule has 0 aliphatic heterocycles. The fourth-order valence-electron chi connectivity index (χ4n) is 3.96. The van der Waals surface area contributed by atoms with Crippen LogP contribution >= 0.6 is 11.8 Å². The third-order valence-electron chi connectivity index (χ3n) is 6.82. The SMILES string of the molecule is CCCCCCCCCOc1ccc(C(=O)Oc2ccc(SCCC(F)(F)C(F)(F)C(F)(F)C(F)(F)C(F)(F)C(F)(F)F)cc2)cc1. The molecular weight excluding hydrogens is 687 g/mol. The van der Waals surface area contributed by atoms with Crippen molar-refractivity contribution in [2.75, 3.05) is 12.4 Å². The molecule has 266 valence electrons. The zero-order valence-electron chi connectivity index (χ0n) is 24.7. The molecule has 2 aromatic carbocycles. The Hall–Kier alpha value is -2.85. The van der Waals surface area contributed by atoms with Crippen molar-refractivity contribution in [2.45, 2.75) is 99.0 Å². The molecule has 0 heterocycles. The highest BCUT2D eigenvalue weighted by molar-refractivity contribution is 7.99. The van der Waals surface area contributed by atoms with Gasteiger partial charge in [0.05, 0.1) is 12.2 Å². The van der Waals surface area contributed by atoms with Crippen LogP contribution in [0.1, 0.15) is 68.6 Å². The minimum atomic E-state index is -7.92. The molecule has 0 unspecified atom stereocenters. The van der Waals surface area contributed by atoms with Crippen molar-refractivity contribution in [1.29, 1.82) is 0 Å². The fraction of sp³-hybridized carbons (Fsp3) is 0.567. The van der Waals surface area contributed by atoms with Gasteiger partial charge in [0.15, 0.2) is 0 Å². The Kier molecular flexibility index (Phi) is 13.8. The van der Waals surface area contributed by atoms with E-state index >= 15 is 0 Å². The first-order chi connectivity index (χ1) is 21.6. The van der Waals surface area contributed by atoms with Crippen LogP contribution in [0.2, 0.25) is 0 Å². The van der Waals surface area contributed by atoms with Crippen molar-refractivity contribution in [3.63, 3.8) is 0 Å². The van der Waals surface area contributed by atoms with Gasteiger partial charge in [0.1, 0.15) is 11.5 Å². The quantitative estimate of drug-likeness (QED) is 0.0476. The number of carbonyl (C=O) groups excluding carboxylic acids is 1. The average Bonchev–Trinajstić information content (AvgIpc) is 2.98. The van der Waals surface area contributed by atoms with Crippen LogP contribution in [-0.4, -0.2) is 54.1 Å². The van der Waals surface area contributed by atoms with Crippen LogP contribution in [0.3, 0.4) is 0 Å². The lowest BCUT2D eigenvalue weighted by molar-refractivity contribution is -0.439. The van der Waals surface area contributed by atoms with Crippen LogP contribution in [0.5, 0.6) is 11.5 Å². The zero-order valence-corrected chi connectivity index (χ0v) is 25.6. The Morgan fingerprint density at radius 1 is 0.617 bits per heavy atom. The Balaban J connectivity index is 1.90. The number of benzene rings is 2. The number of hydrogen-bond donors (Lipinski definition) is 0. The highest BCUT2D eigenvalue weighted by atomic mass is 32.2. The maximum absolute atomic E-state index is 14.0. The summed E-state index contributed by atoms with van der Waals surface area (Å²) >= 11 is 0.302. The summed E-state index contributed by atoms with van der Waals surface area (Å²) in [6, 6.07) is 10.6. The summed E-state index contributed by atoms with van der Waals surface area (Å²) in [5.41, 5.74) is 0.144. The highest BCUT2D eigenvalue weighted by Gasteiger charge is 2.90. The first-order valence-corrected chi connectivity index (χ1v) is 15.2. The molecule has 3 nitrogen and oxygen atoms in total. The molecule has 0 saturated heterocycles. The maximum Gasteiger partial charge on any atom is 0.460 e. The zero-order chi connectivity index (χ0) is 35.7. The predicted octanol–water partition coefficient (Wildman–Crippen LogP) is 11.3. The molecule has 0 amide bonds. The molecule has 47 heavy (non-hydrogen) atoms. The normalized spacial score (nSPS) is 13.5. The van der Waals surface area contributed by atoms with Gasteiger partial charge in [-0.1, -0.05) is 45.4 Å². The number of esters is 1. The van der Waals surface area contributed by atoms with Crippen molar-refractivity contribution < 1.29 is 71.3 Å². The number of carbonyl (C=O) groups is 1. The molecule has 2 rings (SSSR count). The third-order valence-corrected chi connectivity index (χ3v) is 7.84. The van der Waals surface area contributed by atoms with Crippen LogP contribution in [0.25, 0.3) is 0 Å². The predicted molar refractivity (Wildman–Crippen MR) is 147 cm³/mol. The molecule has 0 fully saturated rings. The van der Waals surface area contributed by atoms with E-state index in [9.17, 15) is 61.9 Å². The minimum Gasteiger partial charge on any atom is -0.494 e. The van der Waals surface area contributed by atoms with Crippen LogP contribution in [0.15, 0.2) is 53.4 Å². The third kappa shape index (κ3) is 9.62. The number of rotatable bonds is 19. The second kappa shape index (κ2) is 16.0. The number of thioether (sulfide) groups is 1. The molecule has 0 atom stereocenters. The lowest BCUT2D eigenvalue weighted by Gasteiger charge is -2.39. The molecule has 0 aliphatic rings. The van der Waals surface area contributed by atoms with Crippen LogP contribution < -0.4 is 9.47 Å². The van der Waals surface area contributed by atoms with Gasteiger partial charge < -0.3 is 9.47 Å². The first-order valence-electron chi connectivity index (χ1n) is 14.3. The van der Waals surface area contributed by atoms with Gasteiger partial charge in [0.2, 0.25) is 0 Å². The number of unbranched alkanes of at least 4 members (excludes halogenated alkanes) is 6. The van der Waals surface area contributed by atoms with Crippen molar-refractivity contribution in [3.8, 4) is 11.5 Å². The van der Waals surface area contributed by atoms with Crippen LogP contribution in [0.4, 0.5) is 57.1 Å². The number of ether oxygens (including phenoxy) is 2. The minimum absolute atomic E-state index is 0.00655. The second-order valence-electron chi connectivity index (χ2n) is 10.5. The van der Waals surface area contributed by atoms with E-state index in [0.717, 1.165) is 43.5 Å². The smallest absolute Gasteiger partial charge is 0.460 e. The first kappa shape index (κ1) is 40.3. The van der Waals surface area contributed by atoms with Gasteiger partial charge in [-0.05, 0) is 55.0 Å². The van der Waals surface area contributed by atoms with Crippen LogP contribution in [0, 0.1) is 0 Å². The largest absolute Gasteiger partial charge is 0.494 e. The molecule has 17 heteroatoms. The second-order valence-corrected chi connectivity index (χ2v) is 11.6. The molecule has 0 radical (unpaired) electrons. The highest BCUT2D eigenvalue weighted by Crippen LogP contribution is 2.60. The van der Waals surface area contributed by atoms with Gasteiger partial charge in [0.25, 0.3) is 0 Å². The molecule has 0 bridgehead atoms. The Labute approximate surface area is 266 Å². The fourth-order valence-corrected chi connectivity index (χ4v) is 4.89. The van der Waals surface area contributed by atoms with Gasteiger partial charge in [-0.25, -0.2) is 4.79 Å². The number of hydrogen-bond acceptors (Lipinski definition) is 4. The number of halogens is 13. The van der Waals surface area contributed by atoms with Crippen molar-refractivity contribution in [2.24, 2.45) is 0 Å². The lowest BCUT2D eigenvalue weighted by Crippen LogP contribution is -2.70. The van der Waals surface area contributed by atoms with Gasteiger partial charge in [-0.3, -0.25) is 0 Å². The van der Waals surface area contributed by atoms with E-state index in [4.69, 9.17) is 9.47 Å². The van der Waals surface area contributed by atoms with Crippen molar-refractivity contribution in [1.82, 2.24) is 0 Å². The molecule has 0 N–H and O–H groups in total. The molecule has 0 aliphatic carbocycles. The summed E-state index contributed by atoms with van der Waals surface area (Å²) in [4.78, 5) is 12.4. The van der Waals surface area contributed by atoms with Crippen molar-refractivity contribution >= 4 is 17.7 Å². The molecule has 2 aromatic rings. The summed E-state index contributed by atoms with van der Waals surface area (Å²) in [5.74, 6) is -38.4.